The Balaban J connectivity index is 1.69. The fraction of sp³-hybridized carbons (Fsp3) is 0.739. The third-order valence-corrected chi connectivity index (χ3v) is 6.33. The summed E-state index contributed by atoms with van der Waals surface area (Å²) in [4.78, 5) is 0. The summed E-state index contributed by atoms with van der Waals surface area (Å²) in [5.74, 6) is 1.69. The molecule has 1 atom stereocenters. The van der Waals surface area contributed by atoms with Crippen molar-refractivity contribution in [3.05, 3.63) is 23.8 Å². The molecule has 30 heavy (non-hydrogen) atoms. The normalized spacial score (nSPS) is 14.6. The van der Waals surface area contributed by atoms with Crippen LogP contribution in [0.1, 0.15) is 76.7 Å². The molecule has 1 aromatic rings. The van der Waals surface area contributed by atoms with Gasteiger partial charge in [-0.3, -0.25) is 4.57 Å². The second-order valence-corrected chi connectivity index (χ2v) is 9.53. The molecule has 0 spiro atoms. The number of benzene rings is 1. The minimum Gasteiger partial charge on any atom is -0.490 e. The number of aliphatic hydroxyl groups excluding tert-OH is 1. The van der Waals surface area contributed by atoms with E-state index in [0.29, 0.717) is 12.3 Å². The van der Waals surface area contributed by atoms with Crippen molar-refractivity contribution in [1.29, 1.82) is 0 Å². The van der Waals surface area contributed by atoms with Crippen molar-refractivity contribution in [1.82, 2.24) is 5.32 Å². The second kappa shape index (κ2) is 15.7. The van der Waals surface area contributed by atoms with E-state index in [0.717, 1.165) is 62.4 Å². The Morgan fingerprint density at radius 2 is 1.83 bits per heavy atom. The summed E-state index contributed by atoms with van der Waals surface area (Å²) in [6.07, 6.45) is 12.7. The van der Waals surface area contributed by atoms with Gasteiger partial charge in [0.15, 0.2) is 19.5 Å². The molecule has 0 aromatic heterocycles. The molecular weight excluding hydrogens is 401 g/mol. The van der Waals surface area contributed by atoms with Crippen LogP contribution in [-0.2, 0) is 15.6 Å². The summed E-state index contributed by atoms with van der Waals surface area (Å²) < 4.78 is 28.2. The first-order valence-electron chi connectivity index (χ1n) is 11.6. The maximum atomic E-state index is 11.4. The molecule has 1 aliphatic rings. The van der Waals surface area contributed by atoms with Crippen LogP contribution in [0.25, 0.3) is 0 Å². The number of hydrogen-bond donors (Lipinski definition) is 2. The Hall–Kier alpha value is -1.07. The highest BCUT2D eigenvalue weighted by Gasteiger charge is 2.25. The Kier molecular flexibility index (Phi) is 13.2. The first-order valence-corrected chi connectivity index (χ1v) is 13.1. The number of nitrogens with one attached hydrogen (secondary N) is 1. The van der Waals surface area contributed by atoms with E-state index < -0.39 is 14.8 Å². The Bertz CT molecular complexity index is 609. The zero-order valence-electron chi connectivity index (χ0n) is 18.5. The highest BCUT2D eigenvalue weighted by Crippen LogP contribution is 2.34. The molecule has 1 unspecified atom stereocenters. The number of ether oxygens (including phenoxy) is 2. The first kappa shape index (κ1) is 25.2. The molecule has 0 aliphatic heterocycles. The van der Waals surface area contributed by atoms with Gasteiger partial charge in [-0.2, -0.15) is 0 Å². The van der Waals surface area contributed by atoms with Crippen LogP contribution in [0.15, 0.2) is 18.2 Å². The summed E-state index contributed by atoms with van der Waals surface area (Å²) in [7, 11) is -2.10. The molecule has 1 aliphatic carbocycles. The molecule has 0 heterocycles. The summed E-state index contributed by atoms with van der Waals surface area (Å²) in [5, 5.41) is 11.9. The molecule has 2 rings (SSSR count). The molecule has 0 amide bonds. The van der Waals surface area contributed by atoms with Crippen molar-refractivity contribution < 1.29 is 23.7 Å². The van der Waals surface area contributed by atoms with E-state index in [1.165, 1.54) is 38.5 Å². The van der Waals surface area contributed by atoms with Crippen LogP contribution in [0, 0.1) is 0 Å². The van der Waals surface area contributed by atoms with Gasteiger partial charge in [0.1, 0.15) is 6.79 Å². The maximum Gasteiger partial charge on any atom is 0.193 e. The van der Waals surface area contributed by atoms with Gasteiger partial charge in [-0.25, -0.2) is 0 Å². The minimum absolute atomic E-state index is 0.332. The average Bonchev–Trinajstić information content (AvgIpc) is 3.55. The second-order valence-electron chi connectivity index (χ2n) is 7.99. The number of aliphatic hydroxyl groups is 1. The van der Waals surface area contributed by atoms with Gasteiger partial charge in [0.2, 0.25) is 0 Å². The maximum absolute atomic E-state index is 11.4. The van der Waals surface area contributed by atoms with E-state index in [4.69, 9.17) is 19.1 Å². The third kappa shape index (κ3) is 11.4. The Morgan fingerprint density at radius 1 is 1.07 bits per heavy atom. The summed E-state index contributed by atoms with van der Waals surface area (Å²) in [5.41, 5.74) is 1.15. The van der Waals surface area contributed by atoms with Crippen molar-refractivity contribution >= 4 is 8.03 Å². The van der Waals surface area contributed by atoms with Gasteiger partial charge in [-0.05, 0) is 49.9 Å². The van der Waals surface area contributed by atoms with E-state index in [1.54, 1.807) is 0 Å². The minimum atomic E-state index is -2.10. The lowest BCUT2D eigenvalue weighted by Gasteiger charge is -2.14. The lowest BCUT2D eigenvalue weighted by atomic mass is 10.1. The van der Waals surface area contributed by atoms with E-state index in [9.17, 15) is 4.57 Å². The van der Waals surface area contributed by atoms with Crippen LogP contribution in [0.5, 0.6) is 11.5 Å². The number of hydrogen-bond acceptors (Lipinski definition) is 6. The van der Waals surface area contributed by atoms with Crippen LogP contribution < -0.4 is 14.8 Å². The molecule has 2 N–H and O–H groups in total. The smallest absolute Gasteiger partial charge is 0.193 e. The van der Waals surface area contributed by atoms with Crippen molar-refractivity contribution in [2.24, 2.45) is 0 Å². The Morgan fingerprint density at radius 3 is 2.57 bits per heavy atom. The van der Waals surface area contributed by atoms with Gasteiger partial charge in [-0.15, -0.1) is 0 Å². The first-order chi connectivity index (χ1) is 14.7. The van der Waals surface area contributed by atoms with Crippen LogP contribution in [0.4, 0.5) is 0 Å². The molecule has 0 saturated heterocycles. The monoisotopic (exact) mass is 441 g/mol. The highest BCUT2D eigenvalue weighted by atomic mass is 31.1. The van der Waals surface area contributed by atoms with Gasteiger partial charge < -0.3 is 24.4 Å². The zero-order valence-corrected chi connectivity index (χ0v) is 19.5. The molecule has 6 nitrogen and oxygen atoms in total. The van der Waals surface area contributed by atoms with Crippen molar-refractivity contribution in [3.63, 3.8) is 0 Å². The lowest BCUT2D eigenvalue weighted by Crippen LogP contribution is -2.15. The van der Waals surface area contributed by atoms with Crippen LogP contribution >= 0.6 is 8.03 Å². The lowest BCUT2D eigenvalue weighted by molar-refractivity contribution is 0.107. The largest absolute Gasteiger partial charge is 0.490 e. The van der Waals surface area contributed by atoms with Crippen molar-refractivity contribution in [2.45, 2.75) is 83.8 Å². The predicted molar refractivity (Wildman–Crippen MR) is 122 cm³/mol. The quantitative estimate of drug-likeness (QED) is 0.173. The molecule has 172 valence electrons. The van der Waals surface area contributed by atoms with Crippen LogP contribution in [-0.4, -0.2) is 37.3 Å². The van der Waals surface area contributed by atoms with Gasteiger partial charge in [-0.1, -0.05) is 51.5 Å². The Labute approximate surface area is 182 Å². The van der Waals surface area contributed by atoms with E-state index in [1.807, 2.05) is 6.07 Å². The topological polar surface area (TPSA) is 77.0 Å². The summed E-state index contributed by atoms with van der Waals surface area (Å²) >= 11 is 0. The standard InChI is InChI=1S/C23H40NO5P/c1-2-3-4-5-6-7-8-15-27-22-13-10-20(17-23(22)29-21-11-12-21)18-24-14-9-16-30(26)28-19-25/h10,13,17,21,24-25,30H,2-9,11-12,14-16,18-19H2,1H3. The zero-order chi connectivity index (χ0) is 21.4. The third-order valence-electron chi connectivity index (χ3n) is 5.12. The summed E-state index contributed by atoms with van der Waals surface area (Å²) in [6.45, 7) is 3.99. The van der Waals surface area contributed by atoms with E-state index in [-0.39, 0.29) is 0 Å². The van der Waals surface area contributed by atoms with Crippen molar-refractivity contribution in [2.75, 3.05) is 26.1 Å². The van der Waals surface area contributed by atoms with Gasteiger partial charge in [0.05, 0.1) is 12.7 Å². The molecule has 0 radical (unpaired) electrons. The molecule has 1 saturated carbocycles. The fourth-order valence-corrected chi connectivity index (χ4v) is 3.97. The van der Waals surface area contributed by atoms with Crippen LogP contribution in [0.3, 0.4) is 0 Å². The molecular formula is C23H40NO5P. The number of rotatable bonds is 19. The fourth-order valence-electron chi connectivity index (χ4n) is 3.22. The van der Waals surface area contributed by atoms with Gasteiger partial charge >= 0.3 is 0 Å². The molecule has 1 fully saturated rings. The average molecular weight is 442 g/mol. The predicted octanol–water partition coefficient (Wildman–Crippen LogP) is 5.28. The van der Waals surface area contributed by atoms with Crippen LogP contribution in [0.2, 0.25) is 0 Å². The van der Waals surface area contributed by atoms with E-state index in [2.05, 4.69) is 24.4 Å². The molecule has 1 aromatic carbocycles. The highest BCUT2D eigenvalue weighted by molar-refractivity contribution is 7.39. The SMILES string of the molecule is CCCCCCCCCOc1ccc(CNCCC[PH](=O)OCO)cc1OC1CC1. The van der Waals surface area contributed by atoms with Crippen molar-refractivity contribution in [3.8, 4) is 11.5 Å². The van der Waals surface area contributed by atoms with Gasteiger partial charge in [0, 0.05) is 12.7 Å². The van der Waals surface area contributed by atoms with E-state index >= 15 is 0 Å². The number of unbranched alkanes of at least 4 members (excludes halogenated alkanes) is 6. The molecule has 7 heteroatoms. The molecule has 0 bridgehead atoms. The van der Waals surface area contributed by atoms with Gasteiger partial charge in [0.25, 0.3) is 0 Å². The summed E-state index contributed by atoms with van der Waals surface area (Å²) in [6, 6.07) is 6.16.